The molecule has 0 unspecified atom stereocenters. The number of allylic oxidation sites excluding steroid dienone is 1. The van der Waals surface area contributed by atoms with Crippen molar-refractivity contribution in [3.05, 3.63) is 47.8 Å². The molecule has 1 aromatic carbocycles. The predicted molar refractivity (Wildman–Crippen MR) is 322 cm³/mol. The maximum Gasteiger partial charge on any atom is 0.364 e. The van der Waals surface area contributed by atoms with E-state index < -0.39 is 160 Å². The van der Waals surface area contributed by atoms with Gasteiger partial charge in [-0.3, -0.25) is 9.59 Å². The first kappa shape index (κ1) is 77.1. The monoisotopic (exact) mass is 1260 g/mol. The minimum Gasteiger partial charge on any atom is -0.477 e. The van der Waals surface area contributed by atoms with E-state index in [2.05, 4.69) is 24.5 Å². The maximum atomic E-state index is 14.0. The van der Waals surface area contributed by atoms with E-state index in [1.165, 1.54) is 128 Å². The Morgan fingerprint density at radius 1 is 0.682 bits per heavy atom. The summed E-state index contributed by atoms with van der Waals surface area (Å²) in [6.45, 7) is 0.892. The number of benzene rings is 1. The molecule has 1 aromatic rings. The van der Waals surface area contributed by atoms with E-state index >= 15 is 0 Å². The highest BCUT2D eigenvalue weighted by Crippen LogP contribution is 2.39. The number of carbonyl (C=O) groups excluding carboxylic acids is 2. The Hall–Kier alpha value is -3.38. The lowest BCUT2D eigenvalue weighted by atomic mass is 9.88. The van der Waals surface area contributed by atoms with Crippen molar-refractivity contribution >= 4 is 17.8 Å². The number of carboxylic acid groups (broad SMARTS) is 1. The number of rotatable bonds is 46. The van der Waals surface area contributed by atoms with Crippen molar-refractivity contribution in [2.75, 3.05) is 26.4 Å². The minimum absolute atomic E-state index is 0.191. The lowest BCUT2D eigenvalue weighted by Crippen LogP contribution is -2.71. The molecule has 18 atom stereocenters. The van der Waals surface area contributed by atoms with Crippen LogP contribution >= 0.6 is 0 Å². The van der Waals surface area contributed by atoms with Crippen LogP contribution in [0, 0.1) is 5.82 Å². The number of hydrogen-bond donors (Lipinski definition) is 14. The van der Waals surface area contributed by atoms with E-state index in [0.717, 1.165) is 57.1 Å². The fraction of sp³-hybridized carbons (Fsp3) is 0.828. The van der Waals surface area contributed by atoms with Crippen LogP contribution in [0.5, 0.6) is 0 Å². The van der Waals surface area contributed by atoms with Gasteiger partial charge in [0, 0.05) is 18.4 Å². The molecule has 0 aromatic heterocycles. The molecule has 0 spiro atoms. The van der Waals surface area contributed by atoms with Crippen LogP contribution in [-0.4, -0.2) is 215 Å². The van der Waals surface area contributed by atoms with Gasteiger partial charge in [0.15, 0.2) is 12.6 Å². The van der Waals surface area contributed by atoms with Crippen LogP contribution in [0.3, 0.4) is 0 Å². The number of ether oxygens (including phenoxy) is 6. The minimum atomic E-state index is -3.18. The van der Waals surface area contributed by atoms with Gasteiger partial charge in [-0.1, -0.05) is 186 Å². The zero-order valence-electron chi connectivity index (χ0n) is 52.0. The third kappa shape index (κ3) is 25.6. The van der Waals surface area contributed by atoms with E-state index in [-0.39, 0.29) is 17.9 Å². The first-order valence-corrected chi connectivity index (χ1v) is 32.8. The van der Waals surface area contributed by atoms with Crippen LogP contribution in [0.4, 0.5) is 4.39 Å². The predicted octanol–water partition coefficient (Wildman–Crippen LogP) is 4.60. The molecule has 3 heterocycles. The van der Waals surface area contributed by atoms with Gasteiger partial charge in [-0.25, -0.2) is 9.18 Å². The van der Waals surface area contributed by atoms with E-state index in [9.17, 15) is 80.1 Å². The zero-order valence-corrected chi connectivity index (χ0v) is 52.0. The zero-order chi connectivity index (χ0) is 64.4. The number of aliphatic hydroxyl groups is 11. The second kappa shape index (κ2) is 42.7. The number of unbranched alkanes of at least 4 members (excludes halogenated alkanes) is 25. The number of aliphatic hydroxyl groups excluding tert-OH is 11. The quantitative estimate of drug-likeness (QED) is 0.0313. The van der Waals surface area contributed by atoms with Gasteiger partial charge in [-0.15, -0.1) is 0 Å². The Balaban J connectivity index is 1.40. The molecule has 0 radical (unpaired) electrons. The van der Waals surface area contributed by atoms with Crippen molar-refractivity contribution in [3.8, 4) is 0 Å². The van der Waals surface area contributed by atoms with Gasteiger partial charge in [0.25, 0.3) is 11.7 Å². The second-order valence-corrected chi connectivity index (χ2v) is 24.2. The first-order chi connectivity index (χ1) is 42.4. The maximum absolute atomic E-state index is 14.0. The van der Waals surface area contributed by atoms with Crippen LogP contribution < -0.4 is 10.6 Å². The average Bonchev–Trinajstić information content (AvgIpc) is 1.26. The topological polar surface area (TPSA) is 373 Å². The molecule has 14 N–H and O–H groups in total. The second-order valence-electron chi connectivity index (χ2n) is 24.2. The fourth-order valence-electron chi connectivity index (χ4n) is 11.6. The Kier molecular flexibility index (Phi) is 37.4. The highest BCUT2D eigenvalue weighted by atomic mass is 19.1. The molecule has 508 valence electrons. The molecule has 24 heteroatoms. The molecule has 3 aliphatic rings. The molecule has 0 bridgehead atoms. The van der Waals surface area contributed by atoms with Gasteiger partial charge in [-0.2, -0.15) is 0 Å². The molecule has 3 fully saturated rings. The SMILES string of the molecule is CCCCCCCCCCCCC/C=C/[C@@H](O)[C@H](CO[C@@H]1O[C@H](CO)[C@@H](O[C@@H]2O[C@H](CO)[C@H](O)[C@H](O[C@]3(C(=O)O)C[C@H](O)[C@@H](NC(=O)c4cccc(F)c4)[C@H]([C@H](O)[C@H](O)CO)O3)[C@H]2O)[C@H](O)[C@H]1O)NC(=O)CCCCCCCCCCCCCCCCC. The summed E-state index contributed by atoms with van der Waals surface area (Å²) in [6, 6.07) is 1.46. The van der Waals surface area contributed by atoms with Crippen molar-refractivity contribution in [1.29, 1.82) is 0 Å². The van der Waals surface area contributed by atoms with Gasteiger partial charge in [-0.05, 0) is 37.5 Å². The van der Waals surface area contributed by atoms with Crippen molar-refractivity contribution in [2.24, 2.45) is 0 Å². The van der Waals surface area contributed by atoms with E-state index in [4.69, 9.17) is 28.4 Å². The number of halogens is 1. The number of carbonyl (C=O) groups is 3. The van der Waals surface area contributed by atoms with E-state index in [1.807, 2.05) is 6.08 Å². The van der Waals surface area contributed by atoms with Gasteiger partial charge in [0.05, 0.1) is 50.7 Å². The number of amides is 2. The number of aliphatic carboxylic acids is 1. The van der Waals surface area contributed by atoms with E-state index in [0.29, 0.717) is 12.8 Å². The molecular formula is C64H109FN2O21. The van der Waals surface area contributed by atoms with Gasteiger partial charge >= 0.3 is 5.97 Å². The first-order valence-electron chi connectivity index (χ1n) is 32.8. The third-order valence-corrected chi connectivity index (χ3v) is 17.0. The van der Waals surface area contributed by atoms with Crippen LogP contribution in [0.2, 0.25) is 0 Å². The van der Waals surface area contributed by atoms with Crippen LogP contribution in [-0.2, 0) is 38.0 Å². The lowest BCUT2D eigenvalue weighted by molar-refractivity contribution is -0.386. The summed E-state index contributed by atoms with van der Waals surface area (Å²) in [5, 5.41) is 137. The Morgan fingerprint density at radius 3 is 1.74 bits per heavy atom. The van der Waals surface area contributed by atoms with Crippen molar-refractivity contribution in [1.82, 2.24) is 10.6 Å². The fourth-order valence-corrected chi connectivity index (χ4v) is 11.6. The third-order valence-electron chi connectivity index (χ3n) is 17.0. The van der Waals surface area contributed by atoms with Crippen LogP contribution in [0.15, 0.2) is 36.4 Å². The number of carboxylic acids is 1. The van der Waals surface area contributed by atoms with Crippen LogP contribution in [0.25, 0.3) is 0 Å². The standard InChI is InChI=1S/C64H109FN2O21/c1-3-5-7-9-11-13-15-17-18-20-22-24-26-28-30-35-50(74)66-44(45(71)34-29-27-25-23-21-19-16-14-12-10-8-6-4-2)41-83-61-55(78)54(77)57(49(40-70)85-61)86-62-56(79)59(53(76)48(39-69)84-62)88-64(63(81)82)37-46(72)51(58(87-64)52(75)47(73)38-68)67-60(80)42-32-31-33-43(65)36-42/h29,31-34,36,44-49,51-59,61-62,68-73,75-79H,3-28,30,35,37-41H2,1-2H3,(H,66,74)(H,67,80)(H,81,82)/b34-29+/t44-,45+,46-,47+,48+,49+,51+,52+,53-,54+,55+,56+,57+,58+,59-,61+,62-,64-/m0/s1. The summed E-state index contributed by atoms with van der Waals surface area (Å²) in [7, 11) is 0. The smallest absolute Gasteiger partial charge is 0.364 e. The summed E-state index contributed by atoms with van der Waals surface area (Å²) in [4.78, 5) is 39.8. The van der Waals surface area contributed by atoms with Crippen molar-refractivity contribution < 1.29 is 108 Å². The summed E-state index contributed by atoms with van der Waals surface area (Å²) in [5.74, 6) is -7.41. The van der Waals surface area contributed by atoms with Gasteiger partial charge in [0.1, 0.15) is 73.0 Å². The summed E-state index contributed by atoms with van der Waals surface area (Å²) < 4.78 is 48.9. The Bertz CT molecular complexity index is 2100. The molecule has 4 rings (SSSR count). The number of hydrogen-bond acceptors (Lipinski definition) is 20. The highest BCUT2D eigenvalue weighted by molar-refractivity contribution is 5.94. The molecule has 2 amide bonds. The van der Waals surface area contributed by atoms with E-state index in [1.54, 1.807) is 6.08 Å². The summed E-state index contributed by atoms with van der Waals surface area (Å²) >= 11 is 0. The normalized spacial score (nSPS) is 29.0. The molecule has 3 aliphatic heterocycles. The molecule has 3 saturated heterocycles. The molecule has 0 aliphatic carbocycles. The largest absolute Gasteiger partial charge is 0.477 e. The van der Waals surface area contributed by atoms with Crippen molar-refractivity contribution in [3.63, 3.8) is 0 Å². The van der Waals surface area contributed by atoms with Crippen molar-refractivity contribution in [2.45, 2.75) is 310 Å². The van der Waals surface area contributed by atoms with Gasteiger partial charge in [0.2, 0.25) is 5.91 Å². The highest BCUT2D eigenvalue weighted by Gasteiger charge is 2.60. The molecular weight excluding hydrogens is 1150 g/mol. The number of nitrogens with one attached hydrogen (secondary N) is 2. The van der Waals surface area contributed by atoms with Gasteiger partial charge < -0.3 is 100 Å². The Morgan fingerprint density at radius 2 is 1.22 bits per heavy atom. The molecule has 23 nitrogen and oxygen atoms in total. The molecule has 0 saturated carbocycles. The molecule has 88 heavy (non-hydrogen) atoms. The summed E-state index contributed by atoms with van der Waals surface area (Å²) in [6.07, 6.45) is 4.23. The lowest BCUT2D eigenvalue weighted by Gasteiger charge is -2.50. The Labute approximate surface area is 519 Å². The summed E-state index contributed by atoms with van der Waals surface area (Å²) in [5.41, 5.74) is -0.269. The van der Waals surface area contributed by atoms with Crippen LogP contribution in [0.1, 0.15) is 210 Å². The average molecular weight is 1260 g/mol.